The van der Waals surface area contributed by atoms with Crippen molar-refractivity contribution in [1.82, 2.24) is 0 Å². The second-order valence-corrected chi connectivity index (χ2v) is 6.95. The van der Waals surface area contributed by atoms with Gasteiger partial charge < -0.3 is 9.47 Å². The Bertz CT molecular complexity index is 527. The number of carbonyl (C=O) groups is 1. The predicted octanol–water partition coefficient (Wildman–Crippen LogP) is 2.74. The normalized spacial score (nSPS) is 19.4. The Morgan fingerprint density at radius 1 is 1.48 bits per heavy atom. The maximum atomic E-state index is 12.1. The highest BCUT2D eigenvalue weighted by Gasteiger charge is 2.36. The molecule has 2 N–H and O–H groups in total. The fourth-order valence-corrected chi connectivity index (χ4v) is 2.65. The fraction of sp³-hybridized carbons (Fsp3) is 0.533. The number of hydrogen-bond donors (Lipinski definition) is 1. The van der Waals surface area contributed by atoms with Crippen molar-refractivity contribution in [2.45, 2.75) is 51.4 Å². The van der Waals surface area contributed by atoms with E-state index < -0.39 is 23.8 Å². The Morgan fingerprint density at radius 3 is 2.81 bits per heavy atom. The van der Waals surface area contributed by atoms with Crippen molar-refractivity contribution >= 4 is 21.9 Å². The molecule has 1 aliphatic rings. The van der Waals surface area contributed by atoms with Crippen LogP contribution in [0.1, 0.15) is 32.8 Å². The van der Waals surface area contributed by atoms with E-state index in [4.69, 9.17) is 20.2 Å². The lowest BCUT2D eigenvalue weighted by Gasteiger charge is -2.31. The third-order valence-electron chi connectivity index (χ3n) is 3.12. The minimum Gasteiger partial charge on any atom is -0.487 e. The van der Waals surface area contributed by atoms with Crippen LogP contribution in [0, 0.1) is 0 Å². The Morgan fingerprint density at radius 2 is 2.19 bits per heavy atom. The molecule has 0 radical (unpaired) electrons. The van der Waals surface area contributed by atoms with Crippen LogP contribution >= 0.6 is 15.9 Å². The van der Waals surface area contributed by atoms with Gasteiger partial charge in [0.2, 0.25) is 6.10 Å². The summed E-state index contributed by atoms with van der Waals surface area (Å²) >= 11 is 3.43. The average molecular weight is 358 g/mol. The highest BCUT2D eigenvalue weighted by Crippen LogP contribution is 2.31. The lowest BCUT2D eigenvalue weighted by atomic mass is 9.99. The first-order valence-corrected chi connectivity index (χ1v) is 7.63. The summed E-state index contributed by atoms with van der Waals surface area (Å²) in [4.78, 5) is 17.0. The molecular weight excluding hydrogens is 338 g/mol. The van der Waals surface area contributed by atoms with Crippen LogP contribution < -0.4 is 10.6 Å². The summed E-state index contributed by atoms with van der Waals surface area (Å²) in [6.45, 7) is 5.40. The second kappa shape index (κ2) is 6.34. The summed E-state index contributed by atoms with van der Waals surface area (Å²) < 4.78 is 12.2. The quantitative estimate of drug-likeness (QED) is 0.665. The SMILES string of the molecule is CC(C)(C)OC(=O)[C@@H](ON)[C@H]1CCc2cc(Br)ccc2O1. The van der Waals surface area contributed by atoms with Gasteiger partial charge in [-0.3, -0.25) is 4.84 Å². The van der Waals surface area contributed by atoms with E-state index in [1.165, 1.54) is 0 Å². The first-order valence-electron chi connectivity index (χ1n) is 6.83. The van der Waals surface area contributed by atoms with E-state index in [2.05, 4.69) is 15.9 Å². The van der Waals surface area contributed by atoms with E-state index in [0.29, 0.717) is 6.42 Å². The van der Waals surface area contributed by atoms with E-state index in [1.54, 1.807) is 20.8 Å². The van der Waals surface area contributed by atoms with Gasteiger partial charge in [-0.1, -0.05) is 15.9 Å². The molecule has 0 aliphatic carbocycles. The Balaban J connectivity index is 2.11. The number of fused-ring (bicyclic) bond motifs is 1. The summed E-state index contributed by atoms with van der Waals surface area (Å²) in [6, 6.07) is 5.78. The minimum atomic E-state index is -0.930. The summed E-state index contributed by atoms with van der Waals surface area (Å²) in [6.07, 6.45) is 0.0617. The van der Waals surface area contributed by atoms with Crippen LogP contribution in [0.15, 0.2) is 22.7 Å². The second-order valence-electron chi connectivity index (χ2n) is 6.04. The number of benzene rings is 1. The maximum absolute atomic E-state index is 12.1. The summed E-state index contributed by atoms with van der Waals surface area (Å²) in [5.74, 6) is 5.53. The van der Waals surface area contributed by atoms with E-state index in [-0.39, 0.29) is 0 Å². The molecule has 0 amide bonds. The molecule has 0 fully saturated rings. The van der Waals surface area contributed by atoms with Crippen LogP contribution in [0.5, 0.6) is 5.75 Å². The van der Waals surface area contributed by atoms with Crippen LogP contribution in [0.25, 0.3) is 0 Å². The van der Waals surface area contributed by atoms with Crippen molar-refractivity contribution in [3.8, 4) is 5.75 Å². The first kappa shape index (κ1) is 16.3. The molecule has 0 aromatic heterocycles. The third-order valence-corrected chi connectivity index (χ3v) is 3.62. The number of nitrogens with two attached hydrogens (primary N) is 1. The molecule has 0 saturated carbocycles. The number of aryl methyl sites for hydroxylation is 1. The molecule has 2 rings (SSSR count). The summed E-state index contributed by atoms with van der Waals surface area (Å²) in [5, 5.41) is 0. The zero-order valence-corrected chi connectivity index (χ0v) is 14.0. The Kier molecular flexibility index (Phi) is 4.91. The lowest BCUT2D eigenvalue weighted by molar-refractivity contribution is -0.176. The number of esters is 1. The predicted molar refractivity (Wildman–Crippen MR) is 81.8 cm³/mol. The molecule has 1 aliphatic heterocycles. The van der Waals surface area contributed by atoms with Gasteiger partial charge in [0.25, 0.3) is 0 Å². The molecule has 0 saturated heterocycles. The zero-order chi connectivity index (χ0) is 15.6. The van der Waals surface area contributed by atoms with E-state index in [9.17, 15) is 4.79 Å². The van der Waals surface area contributed by atoms with Crippen molar-refractivity contribution in [3.05, 3.63) is 28.2 Å². The van der Waals surface area contributed by atoms with Crippen molar-refractivity contribution in [1.29, 1.82) is 0 Å². The van der Waals surface area contributed by atoms with Gasteiger partial charge in [-0.25, -0.2) is 10.7 Å². The number of ether oxygens (including phenoxy) is 2. The van der Waals surface area contributed by atoms with Crippen molar-refractivity contribution in [2.24, 2.45) is 5.90 Å². The van der Waals surface area contributed by atoms with Crippen LogP contribution in [-0.4, -0.2) is 23.8 Å². The van der Waals surface area contributed by atoms with Gasteiger partial charge in [0.15, 0.2) is 0 Å². The highest BCUT2D eigenvalue weighted by molar-refractivity contribution is 9.10. The van der Waals surface area contributed by atoms with E-state index >= 15 is 0 Å². The molecule has 0 spiro atoms. The van der Waals surface area contributed by atoms with Gasteiger partial charge in [0.1, 0.15) is 17.5 Å². The van der Waals surface area contributed by atoms with Crippen LogP contribution in [0.4, 0.5) is 0 Å². The Labute approximate surface area is 132 Å². The molecule has 6 heteroatoms. The topological polar surface area (TPSA) is 70.8 Å². The van der Waals surface area contributed by atoms with Gasteiger partial charge in [-0.05, 0) is 57.4 Å². The first-order chi connectivity index (χ1) is 9.80. The number of carbonyl (C=O) groups excluding carboxylic acids is 1. The zero-order valence-electron chi connectivity index (χ0n) is 12.4. The van der Waals surface area contributed by atoms with Crippen molar-refractivity contribution in [2.75, 3.05) is 0 Å². The smallest absolute Gasteiger partial charge is 0.341 e. The third kappa shape index (κ3) is 4.18. The Hall–Kier alpha value is -1.11. The van der Waals surface area contributed by atoms with E-state index in [1.807, 2.05) is 18.2 Å². The lowest BCUT2D eigenvalue weighted by Crippen LogP contribution is -2.46. The van der Waals surface area contributed by atoms with Gasteiger partial charge in [-0.2, -0.15) is 0 Å². The summed E-state index contributed by atoms with van der Waals surface area (Å²) in [5.41, 5.74) is 0.506. The molecule has 1 aromatic carbocycles. The highest BCUT2D eigenvalue weighted by atomic mass is 79.9. The van der Waals surface area contributed by atoms with Gasteiger partial charge in [-0.15, -0.1) is 0 Å². The number of rotatable bonds is 3. The molecule has 0 bridgehead atoms. The molecular formula is C15H20BrNO4. The largest absolute Gasteiger partial charge is 0.487 e. The molecule has 2 atom stereocenters. The number of hydrogen-bond acceptors (Lipinski definition) is 5. The fourth-order valence-electron chi connectivity index (χ4n) is 2.25. The molecule has 5 nitrogen and oxygen atoms in total. The molecule has 0 unspecified atom stereocenters. The average Bonchev–Trinajstić information content (AvgIpc) is 2.37. The maximum Gasteiger partial charge on any atom is 0.341 e. The summed E-state index contributed by atoms with van der Waals surface area (Å²) in [7, 11) is 0. The van der Waals surface area contributed by atoms with Crippen LogP contribution in [0.3, 0.4) is 0 Å². The molecule has 1 heterocycles. The standard InChI is InChI=1S/C15H20BrNO4/c1-15(2,3)20-14(18)13(21-17)12-6-4-9-8-10(16)5-7-11(9)19-12/h5,7-8,12-13H,4,6,17H2,1-3H3/t12-,13+/m1/s1. The van der Waals surface area contributed by atoms with Crippen molar-refractivity contribution in [3.63, 3.8) is 0 Å². The molecule has 21 heavy (non-hydrogen) atoms. The van der Waals surface area contributed by atoms with Gasteiger partial charge >= 0.3 is 5.97 Å². The van der Waals surface area contributed by atoms with Crippen LogP contribution in [-0.2, 0) is 20.8 Å². The van der Waals surface area contributed by atoms with Crippen LogP contribution in [0.2, 0.25) is 0 Å². The number of halogens is 1. The molecule has 1 aromatic rings. The van der Waals surface area contributed by atoms with Gasteiger partial charge in [0, 0.05) is 4.47 Å². The molecule has 116 valence electrons. The van der Waals surface area contributed by atoms with Gasteiger partial charge in [0.05, 0.1) is 0 Å². The van der Waals surface area contributed by atoms with E-state index in [0.717, 1.165) is 22.2 Å². The van der Waals surface area contributed by atoms with Crippen molar-refractivity contribution < 1.29 is 19.1 Å². The monoisotopic (exact) mass is 357 g/mol. The minimum absolute atomic E-state index is 0.446.